The molecule has 2 nitrogen and oxygen atoms in total. The second kappa shape index (κ2) is 5.21. The van der Waals surface area contributed by atoms with E-state index in [9.17, 15) is 0 Å². The third kappa shape index (κ3) is 2.47. The van der Waals surface area contributed by atoms with Gasteiger partial charge in [0.05, 0.1) is 5.69 Å². The topological polar surface area (TPSA) is 24.9 Å². The molecule has 0 fully saturated rings. The van der Waals surface area contributed by atoms with Crippen LogP contribution in [0.25, 0.3) is 10.6 Å². The number of aromatic nitrogens is 1. The molecule has 0 spiro atoms. The summed E-state index contributed by atoms with van der Waals surface area (Å²) < 4.78 is 0. The zero-order valence-corrected chi connectivity index (χ0v) is 12.5. The van der Waals surface area contributed by atoms with Gasteiger partial charge in [-0.25, -0.2) is 4.98 Å². The van der Waals surface area contributed by atoms with Crippen molar-refractivity contribution in [2.75, 3.05) is 7.05 Å². The Labute approximate surface area is 113 Å². The molecule has 0 aliphatic heterocycles. The van der Waals surface area contributed by atoms with Crippen LogP contribution in [0.3, 0.4) is 0 Å². The molecular weight excluding hydrogens is 240 g/mol. The van der Waals surface area contributed by atoms with Crippen molar-refractivity contribution in [2.24, 2.45) is 0 Å². The molecule has 1 aromatic carbocycles. The van der Waals surface area contributed by atoms with Gasteiger partial charge < -0.3 is 5.32 Å². The third-order valence-electron chi connectivity index (χ3n) is 3.12. The van der Waals surface area contributed by atoms with Crippen molar-refractivity contribution in [3.8, 4) is 10.6 Å². The van der Waals surface area contributed by atoms with Gasteiger partial charge >= 0.3 is 0 Å². The minimum absolute atomic E-state index is 0.896. The van der Waals surface area contributed by atoms with E-state index in [1.807, 2.05) is 7.05 Å². The van der Waals surface area contributed by atoms with Crippen molar-refractivity contribution in [3.05, 3.63) is 39.4 Å². The van der Waals surface area contributed by atoms with E-state index in [1.165, 1.54) is 27.1 Å². The van der Waals surface area contributed by atoms with Crippen molar-refractivity contribution in [2.45, 2.75) is 34.2 Å². The van der Waals surface area contributed by atoms with Crippen LogP contribution in [-0.4, -0.2) is 12.0 Å². The van der Waals surface area contributed by atoms with Crippen LogP contribution in [-0.2, 0) is 6.54 Å². The minimum atomic E-state index is 0.896. The highest BCUT2D eigenvalue weighted by Gasteiger charge is 2.13. The number of aryl methyl sites for hydroxylation is 4. The van der Waals surface area contributed by atoms with Crippen molar-refractivity contribution >= 4 is 11.3 Å². The molecule has 0 aliphatic carbocycles. The largest absolute Gasteiger partial charge is 0.315 e. The molecule has 3 heteroatoms. The van der Waals surface area contributed by atoms with Crippen molar-refractivity contribution in [3.63, 3.8) is 0 Å². The first-order valence-corrected chi connectivity index (χ1v) is 7.03. The Hall–Kier alpha value is -1.19. The zero-order valence-electron chi connectivity index (χ0n) is 11.7. The van der Waals surface area contributed by atoms with E-state index in [0.717, 1.165) is 17.2 Å². The highest BCUT2D eigenvalue weighted by molar-refractivity contribution is 7.15. The second-order valence-electron chi connectivity index (χ2n) is 4.83. The average molecular weight is 260 g/mol. The van der Waals surface area contributed by atoms with E-state index in [2.05, 4.69) is 45.1 Å². The number of nitrogens with one attached hydrogen (secondary N) is 1. The predicted molar refractivity (Wildman–Crippen MR) is 79.3 cm³/mol. The standard InChI is InChI=1S/C15H20N2S/c1-9-6-10(2)14(11(3)7-9)15-17-12(4)13(18-15)8-16-5/h6-7,16H,8H2,1-5H3. The molecule has 0 saturated carbocycles. The maximum absolute atomic E-state index is 4.73. The lowest BCUT2D eigenvalue weighted by atomic mass is 10.0. The Kier molecular flexibility index (Phi) is 3.83. The quantitative estimate of drug-likeness (QED) is 0.909. The third-order valence-corrected chi connectivity index (χ3v) is 4.30. The summed E-state index contributed by atoms with van der Waals surface area (Å²) >= 11 is 1.80. The number of benzene rings is 1. The fourth-order valence-electron chi connectivity index (χ4n) is 2.38. The molecule has 0 amide bonds. The molecule has 0 radical (unpaired) electrons. The lowest BCUT2D eigenvalue weighted by Crippen LogP contribution is -2.04. The van der Waals surface area contributed by atoms with Gasteiger partial charge in [0.25, 0.3) is 0 Å². The first-order chi connectivity index (χ1) is 8.52. The summed E-state index contributed by atoms with van der Waals surface area (Å²) in [5, 5.41) is 4.34. The van der Waals surface area contributed by atoms with Gasteiger partial charge in [-0.05, 0) is 45.9 Å². The van der Waals surface area contributed by atoms with Crippen LogP contribution in [0.5, 0.6) is 0 Å². The van der Waals surface area contributed by atoms with Gasteiger partial charge in [0.15, 0.2) is 0 Å². The normalized spacial score (nSPS) is 10.9. The van der Waals surface area contributed by atoms with Gasteiger partial charge in [-0.2, -0.15) is 0 Å². The Morgan fingerprint density at radius 2 is 1.72 bits per heavy atom. The lowest BCUT2D eigenvalue weighted by Gasteiger charge is -2.08. The molecule has 0 saturated heterocycles. The minimum Gasteiger partial charge on any atom is -0.315 e. The Morgan fingerprint density at radius 1 is 1.11 bits per heavy atom. The average Bonchev–Trinajstić information content (AvgIpc) is 2.59. The molecule has 0 atom stereocenters. The van der Waals surface area contributed by atoms with Crippen LogP contribution in [0.15, 0.2) is 12.1 Å². The van der Waals surface area contributed by atoms with Crippen LogP contribution in [0.1, 0.15) is 27.3 Å². The molecule has 0 bridgehead atoms. The Morgan fingerprint density at radius 3 is 2.28 bits per heavy atom. The summed E-state index contributed by atoms with van der Waals surface area (Å²) in [5.41, 5.74) is 6.40. The Balaban J connectivity index is 2.52. The number of hydrogen-bond acceptors (Lipinski definition) is 3. The molecular formula is C15H20N2S. The molecule has 1 N–H and O–H groups in total. The van der Waals surface area contributed by atoms with E-state index in [1.54, 1.807) is 11.3 Å². The van der Waals surface area contributed by atoms with E-state index in [0.29, 0.717) is 0 Å². The molecule has 96 valence electrons. The number of nitrogens with zero attached hydrogens (tertiary/aromatic N) is 1. The lowest BCUT2D eigenvalue weighted by molar-refractivity contribution is 0.823. The van der Waals surface area contributed by atoms with Crippen LogP contribution in [0.2, 0.25) is 0 Å². The van der Waals surface area contributed by atoms with Crippen molar-refractivity contribution in [1.29, 1.82) is 0 Å². The molecule has 2 rings (SSSR count). The molecule has 0 aliphatic rings. The van der Waals surface area contributed by atoms with Crippen LogP contribution >= 0.6 is 11.3 Å². The fourth-order valence-corrected chi connectivity index (χ4v) is 3.63. The highest BCUT2D eigenvalue weighted by Crippen LogP contribution is 2.33. The summed E-state index contributed by atoms with van der Waals surface area (Å²) in [6.45, 7) is 9.47. The van der Waals surface area contributed by atoms with Gasteiger partial charge in [-0.3, -0.25) is 0 Å². The number of rotatable bonds is 3. The summed E-state index contributed by atoms with van der Waals surface area (Å²) in [6, 6.07) is 4.47. The molecule has 1 heterocycles. The van der Waals surface area contributed by atoms with E-state index >= 15 is 0 Å². The van der Waals surface area contributed by atoms with Gasteiger partial charge in [0, 0.05) is 17.0 Å². The van der Waals surface area contributed by atoms with Crippen molar-refractivity contribution < 1.29 is 0 Å². The molecule has 0 unspecified atom stereocenters. The van der Waals surface area contributed by atoms with Crippen molar-refractivity contribution in [1.82, 2.24) is 10.3 Å². The smallest absolute Gasteiger partial charge is 0.124 e. The first kappa shape index (κ1) is 13.2. The van der Waals surface area contributed by atoms with E-state index in [-0.39, 0.29) is 0 Å². The summed E-state index contributed by atoms with van der Waals surface area (Å²) in [6.07, 6.45) is 0. The number of thiazole rings is 1. The van der Waals surface area contributed by atoms with E-state index < -0.39 is 0 Å². The summed E-state index contributed by atoms with van der Waals surface area (Å²) in [4.78, 5) is 6.06. The summed E-state index contributed by atoms with van der Waals surface area (Å²) in [5.74, 6) is 0. The molecule has 18 heavy (non-hydrogen) atoms. The highest BCUT2D eigenvalue weighted by atomic mass is 32.1. The van der Waals surface area contributed by atoms with Crippen LogP contribution < -0.4 is 5.32 Å². The maximum Gasteiger partial charge on any atom is 0.124 e. The van der Waals surface area contributed by atoms with Gasteiger partial charge in [0.1, 0.15) is 5.01 Å². The zero-order chi connectivity index (χ0) is 13.3. The second-order valence-corrected chi connectivity index (χ2v) is 5.92. The Bertz CT molecular complexity index is 547. The molecule has 2 aromatic rings. The summed E-state index contributed by atoms with van der Waals surface area (Å²) in [7, 11) is 1.97. The fraction of sp³-hybridized carbons (Fsp3) is 0.400. The van der Waals surface area contributed by atoms with Gasteiger partial charge in [-0.15, -0.1) is 11.3 Å². The predicted octanol–water partition coefficient (Wildman–Crippen LogP) is 3.76. The number of hydrogen-bond donors (Lipinski definition) is 1. The van der Waals surface area contributed by atoms with Crippen LogP contribution in [0.4, 0.5) is 0 Å². The first-order valence-electron chi connectivity index (χ1n) is 6.22. The SMILES string of the molecule is CNCc1sc(-c2c(C)cc(C)cc2C)nc1C. The maximum atomic E-state index is 4.73. The van der Waals surface area contributed by atoms with E-state index in [4.69, 9.17) is 4.98 Å². The monoisotopic (exact) mass is 260 g/mol. The molecule has 1 aromatic heterocycles. The van der Waals surface area contributed by atoms with Crippen LogP contribution in [0, 0.1) is 27.7 Å². The van der Waals surface area contributed by atoms with Gasteiger partial charge in [-0.1, -0.05) is 17.7 Å². The van der Waals surface area contributed by atoms with Gasteiger partial charge in [0.2, 0.25) is 0 Å².